The van der Waals surface area contributed by atoms with Crippen molar-refractivity contribution in [1.82, 2.24) is 0 Å². The molecule has 2 aromatic carbocycles. The van der Waals surface area contributed by atoms with E-state index in [1.807, 2.05) is 12.1 Å². The molecule has 0 aliphatic heterocycles. The van der Waals surface area contributed by atoms with Crippen LogP contribution in [0.15, 0.2) is 83.7 Å². The Morgan fingerprint density at radius 1 is 0.328 bits per heavy atom. The zero-order chi connectivity index (χ0) is 48.1. The summed E-state index contributed by atoms with van der Waals surface area (Å²) in [6.07, 6.45) is 32.9. The Morgan fingerprint density at radius 2 is 0.612 bits per heavy atom. The first-order valence-electron chi connectivity index (χ1n) is 28.0. The van der Waals surface area contributed by atoms with Crippen LogP contribution in [0, 0.1) is 0 Å². The predicted molar refractivity (Wildman–Crippen MR) is 282 cm³/mol. The molecule has 0 aliphatic rings. The van der Waals surface area contributed by atoms with Gasteiger partial charge in [-0.15, -0.1) is 0 Å². The van der Waals surface area contributed by atoms with Gasteiger partial charge in [-0.2, -0.15) is 0 Å². The van der Waals surface area contributed by atoms with Crippen molar-refractivity contribution in [3.8, 4) is 0 Å². The topological polar surface area (TPSA) is 64.6 Å². The highest BCUT2D eigenvalue weighted by Crippen LogP contribution is 2.30. The molecule has 0 fully saturated rings. The molecule has 7 nitrogen and oxygen atoms in total. The number of rotatable bonds is 48. The second-order valence-corrected chi connectivity index (χ2v) is 18.6. The van der Waals surface area contributed by atoms with E-state index in [-0.39, 0.29) is 0 Å². The molecule has 0 N–H and O–H groups in total. The lowest BCUT2D eigenvalue weighted by Crippen LogP contribution is -2.33. The first kappa shape index (κ1) is 60.1. The number of ether oxygens (including phenoxy) is 7. The van der Waals surface area contributed by atoms with Gasteiger partial charge >= 0.3 is 0 Å². The maximum Gasteiger partial charge on any atom is 0.223 e. The molecule has 67 heavy (non-hydrogen) atoms. The van der Waals surface area contributed by atoms with Crippen LogP contribution >= 0.6 is 0 Å². The molecule has 384 valence electrons. The minimum atomic E-state index is -0.934. The molecule has 2 aromatic rings. The van der Waals surface area contributed by atoms with Crippen molar-refractivity contribution in [1.29, 1.82) is 0 Å². The largest absolute Gasteiger partial charge is 0.494 e. The van der Waals surface area contributed by atoms with E-state index in [0.29, 0.717) is 51.2 Å². The molecule has 0 heterocycles. The van der Waals surface area contributed by atoms with Gasteiger partial charge in [0, 0.05) is 12.8 Å². The Bertz CT molecular complexity index is 1320. The van der Waals surface area contributed by atoms with Crippen molar-refractivity contribution in [2.45, 2.75) is 260 Å². The van der Waals surface area contributed by atoms with Crippen LogP contribution in [0.3, 0.4) is 0 Å². The second-order valence-electron chi connectivity index (χ2n) is 18.6. The molecule has 2 rings (SSSR count). The summed E-state index contributed by atoms with van der Waals surface area (Å²) in [4.78, 5) is 0. The van der Waals surface area contributed by atoms with E-state index in [1.165, 1.54) is 103 Å². The number of benzene rings is 2. The zero-order valence-corrected chi connectivity index (χ0v) is 44.2. The summed E-state index contributed by atoms with van der Waals surface area (Å²) in [5.41, 5.74) is 2.10. The van der Waals surface area contributed by atoms with E-state index in [1.54, 1.807) is 0 Å². The smallest absolute Gasteiger partial charge is 0.223 e. The van der Waals surface area contributed by atoms with E-state index in [2.05, 4.69) is 90.1 Å². The average molecular weight is 935 g/mol. The van der Waals surface area contributed by atoms with Crippen LogP contribution in [0.1, 0.15) is 245 Å². The fourth-order valence-electron chi connectivity index (χ4n) is 7.93. The molecule has 7 heteroatoms. The molecule has 2 unspecified atom stereocenters. The van der Waals surface area contributed by atoms with Crippen molar-refractivity contribution in [3.05, 3.63) is 94.8 Å². The molecule has 0 spiro atoms. The van der Waals surface area contributed by atoms with Gasteiger partial charge in [-0.3, -0.25) is 0 Å². The molecule has 0 aliphatic carbocycles. The van der Waals surface area contributed by atoms with Gasteiger partial charge in [0.2, 0.25) is 12.6 Å². The quantitative estimate of drug-likeness (QED) is 0.0372. The number of unbranched alkanes of at least 4 members (excludes halogenated alkanes) is 22. The van der Waals surface area contributed by atoms with Gasteiger partial charge in [0.25, 0.3) is 0 Å². The van der Waals surface area contributed by atoms with Crippen molar-refractivity contribution in [2.24, 2.45) is 0 Å². The minimum absolute atomic E-state index is 0.326. The minimum Gasteiger partial charge on any atom is -0.494 e. The fraction of sp³-hybridized carbons (Fsp3) is 0.733. The molecule has 0 bridgehead atoms. The molecule has 0 radical (unpaired) electrons. The Hall–Kier alpha value is -3.00. The number of allylic oxidation sites excluding steroid dienone is 2. The Kier molecular flexibility index (Phi) is 39.7. The zero-order valence-electron chi connectivity index (χ0n) is 44.2. The monoisotopic (exact) mass is 935 g/mol. The number of hydrogen-bond donors (Lipinski definition) is 0. The summed E-state index contributed by atoms with van der Waals surface area (Å²) in [6, 6.07) is 20.6. The third-order valence-electron chi connectivity index (χ3n) is 12.3. The Balaban J connectivity index is 2.64. The van der Waals surface area contributed by atoms with Crippen LogP contribution in [0.2, 0.25) is 0 Å². The predicted octanol–water partition coefficient (Wildman–Crippen LogP) is 18.4. The van der Waals surface area contributed by atoms with Gasteiger partial charge < -0.3 is 33.2 Å². The average Bonchev–Trinajstić information content (AvgIpc) is 3.35. The highest BCUT2D eigenvalue weighted by Gasteiger charge is 2.33. The normalized spacial score (nSPS) is 13.2. The van der Waals surface area contributed by atoms with Gasteiger partial charge in [0.05, 0.1) is 39.6 Å². The third kappa shape index (κ3) is 31.0. The van der Waals surface area contributed by atoms with Gasteiger partial charge in [0.1, 0.15) is 11.5 Å². The van der Waals surface area contributed by atoms with Gasteiger partial charge in [0.15, 0.2) is 11.5 Å². The SMILES string of the molecule is CCCCCCCCCCCCC(OCCCC)=C(OCCCC)C(OCc1ccccc1)OC(OCc1ccccc1)C(OCCCC)=C(CCCCCCCCCCCC)OCCCC. The lowest BCUT2D eigenvalue weighted by atomic mass is 10.1. The van der Waals surface area contributed by atoms with Crippen LogP contribution in [-0.4, -0.2) is 39.0 Å². The van der Waals surface area contributed by atoms with Crippen molar-refractivity contribution in [3.63, 3.8) is 0 Å². The molecule has 2 atom stereocenters. The first-order valence-corrected chi connectivity index (χ1v) is 28.0. The summed E-state index contributed by atoms with van der Waals surface area (Å²) in [5, 5.41) is 0. The fourth-order valence-corrected chi connectivity index (χ4v) is 7.93. The van der Waals surface area contributed by atoms with Crippen LogP contribution < -0.4 is 0 Å². The van der Waals surface area contributed by atoms with E-state index in [0.717, 1.165) is 113 Å². The van der Waals surface area contributed by atoms with Gasteiger partial charge in [-0.1, -0.05) is 243 Å². The van der Waals surface area contributed by atoms with Crippen LogP contribution in [0.5, 0.6) is 0 Å². The summed E-state index contributed by atoms with van der Waals surface area (Å²) in [6.45, 7) is 16.3. The van der Waals surface area contributed by atoms with Crippen LogP contribution in [0.25, 0.3) is 0 Å². The molecule has 0 aromatic heterocycles. The summed E-state index contributed by atoms with van der Waals surface area (Å²) >= 11 is 0. The second kappa shape index (κ2) is 44.2. The van der Waals surface area contributed by atoms with Crippen LogP contribution in [0.4, 0.5) is 0 Å². The summed E-state index contributed by atoms with van der Waals surface area (Å²) in [5.74, 6) is 2.87. The van der Waals surface area contributed by atoms with Crippen LogP contribution in [-0.2, 0) is 46.4 Å². The molecular formula is C60H102O7. The van der Waals surface area contributed by atoms with E-state index in [4.69, 9.17) is 33.2 Å². The van der Waals surface area contributed by atoms with E-state index >= 15 is 0 Å². The van der Waals surface area contributed by atoms with Crippen molar-refractivity contribution in [2.75, 3.05) is 26.4 Å². The summed E-state index contributed by atoms with van der Waals surface area (Å²) in [7, 11) is 0. The highest BCUT2D eigenvalue weighted by molar-refractivity contribution is 5.16. The van der Waals surface area contributed by atoms with E-state index in [9.17, 15) is 0 Å². The highest BCUT2D eigenvalue weighted by atomic mass is 16.8. The van der Waals surface area contributed by atoms with Gasteiger partial charge in [-0.05, 0) is 49.7 Å². The lowest BCUT2D eigenvalue weighted by Gasteiger charge is -2.30. The Morgan fingerprint density at radius 3 is 0.925 bits per heavy atom. The first-order chi connectivity index (χ1) is 33.1. The molecular weight excluding hydrogens is 833 g/mol. The van der Waals surface area contributed by atoms with Gasteiger partial charge in [-0.25, -0.2) is 0 Å². The number of hydrogen-bond acceptors (Lipinski definition) is 7. The van der Waals surface area contributed by atoms with Crippen molar-refractivity contribution >= 4 is 0 Å². The molecule has 0 saturated carbocycles. The summed E-state index contributed by atoms with van der Waals surface area (Å²) < 4.78 is 48.4. The third-order valence-corrected chi connectivity index (χ3v) is 12.3. The molecule has 0 saturated heterocycles. The maximum atomic E-state index is 7.28. The van der Waals surface area contributed by atoms with E-state index < -0.39 is 12.6 Å². The maximum absolute atomic E-state index is 7.28. The lowest BCUT2D eigenvalue weighted by molar-refractivity contribution is -0.249. The Labute approximate surface area is 412 Å². The van der Waals surface area contributed by atoms with Crippen molar-refractivity contribution < 1.29 is 33.2 Å². The molecule has 0 amide bonds. The standard InChI is InChI=1S/C60H102O7/c1-7-13-19-21-23-25-27-29-31-39-45-55(61-47-15-9-3)57(63-49-17-11-5)59(65-51-53-41-35-33-36-42-53)67-60(66-52-54-43-37-34-38-44-54)58(64-50-18-12-6)56(62-48-16-10-4)46-40-32-30-28-26-24-22-20-14-8-2/h33-38,41-44,59-60H,7-32,39-40,45-52H2,1-6H3.